The van der Waals surface area contributed by atoms with E-state index >= 15 is 0 Å². The van der Waals surface area contributed by atoms with Crippen LogP contribution in [0, 0.1) is 0 Å². The molecule has 3 rings (SSSR count). The summed E-state index contributed by atoms with van der Waals surface area (Å²) in [5, 5.41) is 3.35. The molecule has 0 unspecified atom stereocenters. The number of rotatable bonds is 8. The summed E-state index contributed by atoms with van der Waals surface area (Å²) in [6, 6.07) is 18.1. The van der Waals surface area contributed by atoms with E-state index in [1.807, 2.05) is 47.4 Å². The number of halogens is 1. The van der Waals surface area contributed by atoms with Gasteiger partial charge in [-0.2, -0.15) is 0 Å². The third kappa shape index (κ3) is 6.41. The predicted octanol–water partition coefficient (Wildman–Crippen LogP) is 4.73. The molecule has 1 amide bonds. The van der Waals surface area contributed by atoms with E-state index in [0.717, 1.165) is 50.0 Å². The zero-order chi connectivity index (χ0) is 19.8. The van der Waals surface area contributed by atoms with Crippen LogP contribution in [0.2, 0.25) is 0 Å². The zero-order valence-corrected chi connectivity index (χ0v) is 17.9. The summed E-state index contributed by atoms with van der Waals surface area (Å²) in [7, 11) is 0. The molecule has 1 aliphatic rings. The van der Waals surface area contributed by atoms with E-state index in [9.17, 15) is 9.59 Å². The van der Waals surface area contributed by atoms with Gasteiger partial charge in [0.25, 0.3) is 0 Å². The largest absolute Gasteiger partial charge is 0.340 e. The number of Topliss-reactive ketones (excluding diaryl/α,β-unsaturated/α-hetero) is 1. The van der Waals surface area contributed by atoms with Crippen LogP contribution < -0.4 is 5.32 Å². The van der Waals surface area contributed by atoms with Gasteiger partial charge in [0.05, 0.1) is 0 Å². The molecule has 4 nitrogen and oxygen atoms in total. The Morgan fingerprint density at radius 2 is 1.55 bits per heavy atom. The first-order valence-electron chi connectivity index (χ1n) is 10.4. The third-order valence-corrected chi connectivity index (χ3v) is 5.41. The number of nitrogens with one attached hydrogen (secondary N) is 1. The second kappa shape index (κ2) is 11.7. The van der Waals surface area contributed by atoms with Crippen molar-refractivity contribution in [1.82, 2.24) is 10.2 Å². The molecular formula is C24H31ClN2O2. The topological polar surface area (TPSA) is 49.4 Å². The molecule has 1 aliphatic heterocycles. The Bertz CT molecular complexity index is 771. The minimum Gasteiger partial charge on any atom is -0.340 e. The van der Waals surface area contributed by atoms with Gasteiger partial charge in [0, 0.05) is 31.0 Å². The summed E-state index contributed by atoms with van der Waals surface area (Å²) in [6.45, 7) is 4.81. The van der Waals surface area contributed by atoms with Crippen molar-refractivity contribution < 1.29 is 9.59 Å². The van der Waals surface area contributed by atoms with Gasteiger partial charge in [-0.25, -0.2) is 0 Å². The van der Waals surface area contributed by atoms with Crippen molar-refractivity contribution in [2.75, 3.05) is 19.6 Å². The van der Waals surface area contributed by atoms with Crippen LogP contribution in [0.3, 0.4) is 0 Å². The van der Waals surface area contributed by atoms with Crippen molar-refractivity contribution in [3.8, 4) is 11.1 Å². The van der Waals surface area contributed by atoms with E-state index in [2.05, 4.69) is 24.4 Å². The number of ketones is 1. The van der Waals surface area contributed by atoms with Crippen LogP contribution >= 0.6 is 12.4 Å². The van der Waals surface area contributed by atoms with Gasteiger partial charge in [-0.1, -0.05) is 61.5 Å². The quantitative estimate of drug-likeness (QED) is 0.635. The van der Waals surface area contributed by atoms with Crippen LogP contribution in [0.4, 0.5) is 0 Å². The highest BCUT2D eigenvalue weighted by Gasteiger charge is 2.24. The molecule has 1 saturated heterocycles. The average molecular weight is 415 g/mol. The van der Waals surface area contributed by atoms with E-state index in [1.54, 1.807) is 0 Å². The van der Waals surface area contributed by atoms with Crippen molar-refractivity contribution in [3.05, 3.63) is 60.2 Å². The van der Waals surface area contributed by atoms with Crippen LogP contribution in [0.5, 0.6) is 0 Å². The predicted molar refractivity (Wildman–Crippen MR) is 121 cm³/mol. The normalized spacial score (nSPS) is 14.1. The van der Waals surface area contributed by atoms with E-state index in [1.165, 1.54) is 0 Å². The first-order valence-corrected chi connectivity index (χ1v) is 10.4. The number of benzene rings is 2. The Balaban J connectivity index is 0.00000300. The van der Waals surface area contributed by atoms with Gasteiger partial charge in [-0.15, -0.1) is 12.4 Å². The minimum atomic E-state index is 0. The van der Waals surface area contributed by atoms with Gasteiger partial charge in [0.15, 0.2) is 5.78 Å². The fraction of sp³-hybridized carbons (Fsp3) is 0.417. The maximum absolute atomic E-state index is 12.8. The van der Waals surface area contributed by atoms with Crippen LogP contribution in [0.25, 0.3) is 11.1 Å². The molecule has 0 radical (unpaired) electrons. The molecule has 1 heterocycles. The summed E-state index contributed by atoms with van der Waals surface area (Å²) in [5.74, 6) is 0.151. The fourth-order valence-corrected chi connectivity index (χ4v) is 3.86. The Hall–Kier alpha value is -2.17. The lowest BCUT2D eigenvalue weighted by Gasteiger charge is -2.34. The summed E-state index contributed by atoms with van der Waals surface area (Å²) in [4.78, 5) is 27.3. The van der Waals surface area contributed by atoms with E-state index < -0.39 is 0 Å². The molecule has 0 aromatic heterocycles. The van der Waals surface area contributed by atoms with E-state index in [4.69, 9.17) is 0 Å². The maximum Gasteiger partial charge on any atom is 0.223 e. The van der Waals surface area contributed by atoms with Crippen LogP contribution in [-0.4, -0.2) is 42.3 Å². The van der Waals surface area contributed by atoms with Gasteiger partial charge in [-0.05, 0) is 43.5 Å². The Morgan fingerprint density at radius 3 is 2.17 bits per heavy atom. The molecule has 2 aromatic carbocycles. The number of carbonyl (C=O) groups excluding carboxylic acids is 2. The molecule has 1 N–H and O–H groups in total. The number of amides is 1. The van der Waals surface area contributed by atoms with Gasteiger partial charge in [0.2, 0.25) is 5.91 Å². The molecule has 1 fully saturated rings. The maximum atomic E-state index is 12.8. The lowest BCUT2D eigenvalue weighted by atomic mass is 10.00. The second-order valence-electron chi connectivity index (χ2n) is 7.43. The van der Waals surface area contributed by atoms with Gasteiger partial charge < -0.3 is 10.2 Å². The van der Waals surface area contributed by atoms with Crippen molar-refractivity contribution in [2.45, 2.75) is 45.1 Å². The molecular weight excluding hydrogens is 384 g/mol. The first kappa shape index (κ1) is 23.1. The third-order valence-electron chi connectivity index (χ3n) is 5.41. The van der Waals surface area contributed by atoms with Crippen molar-refractivity contribution in [1.29, 1.82) is 0 Å². The Kier molecular flexibility index (Phi) is 9.36. The highest BCUT2D eigenvalue weighted by Crippen LogP contribution is 2.20. The summed E-state index contributed by atoms with van der Waals surface area (Å²) < 4.78 is 0. The summed E-state index contributed by atoms with van der Waals surface area (Å²) >= 11 is 0. The fourth-order valence-electron chi connectivity index (χ4n) is 3.86. The molecule has 29 heavy (non-hydrogen) atoms. The first-order chi connectivity index (χ1) is 13.7. The monoisotopic (exact) mass is 414 g/mol. The van der Waals surface area contributed by atoms with Gasteiger partial charge in [-0.3, -0.25) is 9.59 Å². The Morgan fingerprint density at radius 1 is 0.931 bits per heavy atom. The van der Waals surface area contributed by atoms with E-state index in [0.29, 0.717) is 18.0 Å². The van der Waals surface area contributed by atoms with Crippen LogP contribution in [0.1, 0.15) is 49.4 Å². The Labute approximate surface area is 180 Å². The lowest BCUT2D eigenvalue weighted by Crippen LogP contribution is -2.46. The molecule has 0 saturated carbocycles. The van der Waals surface area contributed by atoms with Crippen molar-refractivity contribution >= 4 is 24.1 Å². The minimum absolute atomic E-state index is 0. The molecule has 0 atom stereocenters. The summed E-state index contributed by atoms with van der Waals surface area (Å²) in [6.07, 6.45) is 3.52. The summed E-state index contributed by atoms with van der Waals surface area (Å²) in [5.41, 5.74) is 2.90. The SMILES string of the molecule is CCCN(C(=O)CCC(=O)c1ccc(-c2ccccc2)cc1)C1CCNCC1.Cl. The lowest BCUT2D eigenvalue weighted by molar-refractivity contribution is -0.134. The molecule has 2 aromatic rings. The highest BCUT2D eigenvalue weighted by atomic mass is 35.5. The number of hydrogen-bond acceptors (Lipinski definition) is 3. The molecule has 0 aliphatic carbocycles. The smallest absolute Gasteiger partial charge is 0.223 e. The average Bonchev–Trinajstić information content (AvgIpc) is 2.77. The molecule has 0 spiro atoms. The van der Waals surface area contributed by atoms with Crippen molar-refractivity contribution in [2.24, 2.45) is 0 Å². The molecule has 0 bridgehead atoms. The van der Waals surface area contributed by atoms with E-state index in [-0.39, 0.29) is 30.5 Å². The number of carbonyl (C=O) groups is 2. The van der Waals surface area contributed by atoms with Gasteiger partial charge >= 0.3 is 0 Å². The number of hydrogen-bond donors (Lipinski definition) is 1. The highest BCUT2D eigenvalue weighted by molar-refractivity contribution is 5.98. The van der Waals surface area contributed by atoms with Crippen molar-refractivity contribution in [3.63, 3.8) is 0 Å². The zero-order valence-electron chi connectivity index (χ0n) is 17.1. The molecule has 5 heteroatoms. The van der Waals surface area contributed by atoms with Crippen LogP contribution in [0.15, 0.2) is 54.6 Å². The van der Waals surface area contributed by atoms with Crippen LogP contribution in [-0.2, 0) is 4.79 Å². The second-order valence-corrected chi connectivity index (χ2v) is 7.43. The van der Waals surface area contributed by atoms with Gasteiger partial charge in [0.1, 0.15) is 0 Å². The number of nitrogens with zero attached hydrogens (tertiary/aromatic N) is 1. The standard InChI is InChI=1S/C24H30N2O2.ClH/c1-2-18-26(22-14-16-25-17-15-22)24(28)13-12-23(27)21-10-8-20(9-11-21)19-6-4-3-5-7-19;/h3-11,22,25H,2,12-18H2,1H3;1H. The number of piperidine rings is 1. The molecule has 156 valence electrons.